The molecule has 3 amide bonds. The van der Waals surface area contributed by atoms with Crippen molar-refractivity contribution < 1.29 is 31.9 Å². The molecule has 1 aliphatic heterocycles. The Hall–Kier alpha value is -4.06. The number of carbonyl (C=O) groups excluding carboxylic acids is 3. The number of halogens is 5. The van der Waals surface area contributed by atoms with E-state index in [2.05, 4.69) is 20.6 Å². The molecule has 3 aromatic rings. The van der Waals surface area contributed by atoms with Gasteiger partial charge in [0.25, 0.3) is 11.8 Å². The Morgan fingerprint density at radius 2 is 1.68 bits per heavy atom. The van der Waals surface area contributed by atoms with Crippen molar-refractivity contribution in [3.63, 3.8) is 0 Å². The van der Waals surface area contributed by atoms with E-state index in [4.69, 9.17) is 11.6 Å². The largest absolute Gasteiger partial charge is 0.352 e. The molecule has 1 saturated heterocycles. The third kappa shape index (κ3) is 5.10. The number of alkyl halides is 2. The Morgan fingerprint density at radius 3 is 2.30 bits per heavy atom. The average Bonchev–Trinajstić information content (AvgIpc) is 3.21. The number of nitrogens with one attached hydrogen (secondary N) is 2. The van der Waals surface area contributed by atoms with Gasteiger partial charge in [0, 0.05) is 54.5 Å². The van der Waals surface area contributed by atoms with Crippen molar-refractivity contribution in [1.82, 2.24) is 15.3 Å². The van der Waals surface area contributed by atoms with Crippen molar-refractivity contribution in [2.45, 2.75) is 49.1 Å². The van der Waals surface area contributed by atoms with Gasteiger partial charge >= 0.3 is 0 Å². The highest BCUT2D eigenvalue weighted by molar-refractivity contribution is 6.32. The zero-order valence-electron chi connectivity index (χ0n) is 20.7. The second kappa shape index (κ2) is 10.5. The quantitative estimate of drug-likeness (QED) is 0.401. The molecule has 208 valence electrons. The van der Waals surface area contributed by atoms with Gasteiger partial charge in [-0.3, -0.25) is 19.3 Å². The monoisotopic (exact) mass is 575 g/mol. The molecule has 1 aromatic heterocycles. The van der Waals surface area contributed by atoms with Crippen LogP contribution in [0.4, 0.5) is 29.2 Å². The minimum absolute atomic E-state index is 0.0684. The summed E-state index contributed by atoms with van der Waals surface area (Å²) in [6.45, 7) is 0. The topological polar surface area (TPSA) is 104 Å². The summed E-state index contributed by atoms with van der Waals surface area (Å²) in [6, 6.07) is 9.06. The van der Waals surface area contributed by atoms with E-state index in [0.717, 1.165) is 17.0 Å². The van der Waals surface area contributed by atoms with Gasteiger partial charge in [0.1, 0.15) is 17.2 Å². The van der Waals surface area contributed by atoms with E-state index in [9.17, 15) is 31.9 Å². The highest BCUT2D eigenvalue weighted by Crippen LogP contribution is 2.47. The smallest absolute Gasteiger partial charge is 0.252 e. The van der Waals surface area contributed by atoms with Gasteiger partial charge in [0.15, 0.2) is 0 Å². The molecule has 2 aromatic carbocycles. The normalized spacial score (nSPS) is 21.0. The Morgan fingerprint density at radius 1 is 1.02 bits per heavy atom. The fourth-order valence-corrected chi connectivity index (χ4v) is 5.54. The zero-order chi connectivity index (χ0) is 28.7. The molecule has 2 N–H and O–H groups in total. The summed E-state index contributed by atoms with van der Waals surface area (Å²) in [5.41, 5.74) is -2.25. The predicted octanol–water partition coefficient (Wildman–Crippen LogP) is 4.61. The molecule has 8 nitrogen and oxygen atoms in total. The SMILES string of the molecule is O=C(NC1CC(F)(F)C1)[C@@H](c1ccccc1Cl)C1(C(=O)Nc2cc(F)cc(F)c2)CCC(=O)N1c1ncccn1. The van der Waals surface area contributed by atoms with Gasteiger partial charge in [-0.2, -0.15) is 0 Å². The summed E-state index contributed by atoms with van der Waals surface area (Å²) in [5, 5.41) is 5.07. The molecule has 2 atom stereocenters. The molecular formula is C27H22ClF4N5O3. The number of aromatic nitrogens is 2. The summed E-state index contributed by atoms with van der Waals surface area (Å²) in [7, 11) is 0. The highest BCUT2D eigenvalue weighted by atomic mass is 35.5. The summed E-state index contributed by atoms with van der Waals surface area (Å²) >= 11 is 6.50. The van der Waals surface area contributed by atoms with E-state index in [1.54, 1.807) is 12.1 Å². The van der Waals surface area contributed by atoms with E-state index in [-0.39, 0.29) is 35.1 Å². The van der Waals surface area contributed by atoms with Crippen molar-refractivity contribution in [3.8, 4) is 0 Å². The van der Waals surface area contributed by atoms with Gasteiger partial charge in [-0.15, -0.1) is 0 Å². The number of anilines is 2. The molecule has 13 heteroatoms. The number of nitrogens with zero attached hydrogens (tertiary/aromatic N) is 3. The van der Waals surface area contributed by atoms with Gasteiger partial charge in [-0.25, -0.2) is 27.5 Å². The van der Waals surface area contributed by atoms with Crippen LogP contribution >= 0.6 is 11.6 Å². The lowest BCUT2D eigenvalue weighted by molar-refractivity contribution is -0.136. The van der Waals surface area contributed by atoms with Crippen LogP contribution in [0, 0.1) is 11.6 Å². The molecule has 1 unspecified atom stereocenters. The summed E-state index contributed by atoms with van der Waals surface area (Å²) in [6.07, 6.45) is 0.996. The number of amides is 3. The van der Waals surface area contributed by atoms with Gasteiger partial charge in [0.05, 0.1) is 5.92 Å². The second-order valence-electron chi connectivity index (χ2n) is 9.74. The van der Waals surface area contributed by atoms with Crippen molar-refractivity contribution in [3.05, 3.63) is 83.1 Å². The predicted molar refractivity (Wildman–Crippen MR) is 137 cm³/mol. The van der Waals surface area contributed by atoms with Crippen LogP contribution in [0.15, 0.2) is 60.9 Å². The van der Waals surface area contributed by atoms with E-state index in [1.165, 1.54) is 30.6 Å². The van der Waals surface area contributed by atoms with Crippen molar-refractivity contribution in [1.29, 1.82) is 0 Å². The van der Waals surface area contributed by atoms with E-state index >= 15 is 0 Å². The van der Waals surface area contributed by atoms with E-state index in [1.807, 2.05) is 0 Å². The lowest BCUT2D eigenvalue weighted by Gasteiger charge is -2.43. The number of benzene rings is 2. The van der Waals surface area contributed by atoms with Crippen molar-refractivity contribution in [2.24, 2.45) is 0 Å². The van der Waals surface area contributed by atoms with Crippen LogP contribution in [0.2, 0.25) is 5.02 Å². The van der Waals surface area contributed by atoms with E-state index in [0.29, 0.717) is 6.07 Å². The standard InChI is InChI=1S/C27H22ClF4N5O3/c28-20-5-2-1-4-19(20)22(23(39)35-18-13-26(31,32)14-18)27(24(40)36-17-11-15(29)10-16(30)12-17)7-6-21(38)37(27)25-33-8-3-9-34-25/h1-5,8-12,18,22H,6-7,13-14H2,(H,35,39)(H,36,40)/t22-,27?/m1/s1. The van der Waals surface area contributed by atoms with E-state index < -0.39 is 65.6 Å². The number of rotatable bonds is 7. The number of carbonyl (C=O) groups is 3. The zero-order valence-corrected chi connectivity index (χ0v) is 21.5. The van der Waals surface area contributed by atoms with Gasteiger partial charge in [-0.05, 0) is 36.2 Å². The summed E-state index contributed by atoms with van der Waals surface area (Å²) in [4.78, 5) is 50.8. The Balaban J connectivity index is 1.67. The highest BCUT2D eigenvalue weighted by Gasteiger charge is 2.61. The maximum atomic E-state index is 14.2. The van der Waals surface area contributed by atoms with Crippen LogP contribution in [0.25, 0.3) is 0 Å². The third-order valence-corrected chi connectivity index (χ3v) is 7.37. The van der Waals surface area contributed by atoms with Gasteiger partial charge in [-0.1, -0.05) is 29.8 Å². The molecule has 40 heavy (non-hydrogen) atoms. The maximum Gasteiger partial charge on any atom is 0.252 e. The molecule has 0 radical (unpaired) electrons. The number of hydrogen-bond acceptors (Lipinski definition) is 5. The second-order valence-corrected chi connectivity index (χ2v) is 10.1. The first-order valence-electron chi connectivity index (χ1n) is 12.3. The van der Waals surface area contributed by atoms with Crippen LogP contribution in [0.1, 0.15) is 37.2 Å². The fourth-order valence-electron chi connectivity index (χ4n) is 5.30. The van der Waals surface area contributed by atoms with Crippen LogP contribution in [-0.2, 0) is 14.4 Å². The van der Waals surface area contributed by atoms with Gasteiger partial charge in [0.2, 0.25) is 17.8 Å². The molecule has 1 aliphatic carbocycles. The first-order chi connectivity index (χ1) is 19.0. The van der Waals surface area contributed by atoms with Crippen LogP contribution in [0.5, 0.6) is 0 Å². The van der Waals surface area contributed by atoms with Crippen molar-refractivity contribution in [2.75, 3.05) is 10.2 Å². The van der Waals surface area contributed by atoms with Crippen LogP contribution < -0.4 is 15.5 Å². The fraction of sp³-hybridized carbons (Fsp3) is 0.296. The molecule has 5 rings (SSSR count). The Kier molecular flexibility index (Phi) is 7.21. The molecular weight excluding hydrogens is 554 g/mol. The molecule has 2 aliphatic rings. The number of hydrogen-bond donors (Lipinski definition) is 2. The minimum atomic E-state index is -2.94. The Bertz CT molecular complexity index is 1450. The lowest BCUT2D eigenvalue weighted by atomic mass is 9.75. The summed E-state index contributed by atoms with van der Waals surface area (Å²) < 4.78 is 55.2. The van der Waals surface area contributed by atoms with Crippen LogP contribution in [0.3, 0.4) is 0 Å². The summed E-state index contributed by atoms with van der Waals surface area (Å²) in [5.74, 6) is -9.06. The average molecular weight is 576 g/mol. The molecule has 0 bridgehead atoms. The molecule has 2 heterocycles. The first-order valence-corrected chi connectivity index (χ1v) is 12.7. The first kappa shape index (κ1) is 27.5. The molecule has 2 fully saturated rings. The Labute approximate surface area is 230 Å². The lowest BCUT2D eigenvalue weighted by Crippen LogP contribution is -2.63. The van der Waals surface area contributed by atoms with Crippen LogP contribution in [-0.4, -0.2) is 45.2 Å². The molecule has 0 spiro atoms. The molecule has 1 saturated carbocycles. The minimum Gasteiger partial charge on any atom is -0.352 e. The maximum absolute atomic E-state index is 14.2. The van der Waals surface area contributed by atoms with Crippen molar-refractivity contribution >= 4 is 41.0 Å². The van der Waals surface area contributed by atoms with Gasteiger partial charge < -0.3 is 10.6 Å². The third-order valence-electron chi connectivity index (χ3n) is 7.03.